The topological polar surface area (TPSA) is 124 Å². The van der Waals surface area contributed by atoms with Crippen molar-refractivity contribution in [2.45, 2.75) is 13.8 Å². The maximum absolute atomic E-state index is 13.9. The minimum atomic E-state index is -3.46. The third kappa shape index (κ3) is 4.35. The number of benzene rings is 2. The van der Waals surface area contributed by atoms with Gasteiger partial charge in [0.15, 0.2) is 0 Å². The molecule has 3 rings (SSSR count). The lowest BCUT2D eigenvalue weighted by atomic mass is 10.0. The zero-order chi connectivity index (χ0) is 22.1. The van der Waals surface area contributed by atoms with Crippen LogP contribution in [0.15, 0.2) is 53.3 Å². The van der Waals surface area contributed by atoms with Crippen LogP contribution in [0.2, 0.25) is 0 Å². The molecule has 3 aromatic rings. The molecule has 0 bridgehead atoms. The number of nitrogens with one attached hydrogen (secondary N) is 1. The molecule has 0 unspecified atom stereocenters. The van der Waals surface area contributed by atoms with E-state index in [0.717, 1.165) is 16.8 Å². The number of halogens is 1. The third-order valence-electron chi connectivity index (χ3n) is 4.32. The van der Waals surface area contributed by atoms with E-state index in [1.54, 1.807) is 31.2 Å². The predicted molar refractivity (Wildman–Crippen MR) is 110 cm³/mol. The van der Waals surface area contributed by atoms with E-state index in [4.69, 9.17) is 0 Å². The molecule has 1 N–H and O–H groups in total. The minimum Gasteiger partial charge on any atom is -0.284 e. The Hall–Kier alpha value is -3.60. The Balaban J connectivity index is 2.03. The fraction of sp³-hybridized carbons (Fsp3) is 0.158. The summed E-state index contributed by atoms with van der Waals surface area (Å²) in [5.74, 6) is -1.16. The summed E-state index contributed by atoms with van der Waals surface area (Å²) in [6.07, 6.45) is 0. The van der Waals surface area contributed by atoms with Crippen molar-refractivity contribution in [3.8, 4) is 16.8 Å². The van der Waals surface area contributed by atoms with Crippen LogP contribution in [0.5, 0.6) is 0 Å². The molecule has 0 aliphatic heterocycles. The van der Waals surface area contributed by atoms with E-state index in [9.17, 15) is 27.7 Å². The maximum atomic E-state index is 13.9. The number of anilines is 1. The summed E-state index contributed by atoms with van der Waals surface area (Å²) in [5, 5.41) is 14.9. The van der Waals surface area contributed by atoms with Crippen LogP contribution in [-0.4, -0.2) is 28.9 Å². The lowest BCUT2D eigenvalue weighted by Crippen LogP contribution is -2.22. The summed E-state index contributed by atoms with van der Waals surface area (Å²) in [7, 11) is -3.46. The first-order chi connectivity index (χ1) is 14.1. The molecule has 0 fully saturated rings. The molecule has 156 valence electrons. The molecule has 0 saturated heterocycles. The molecule has 0 radical (unpaired) electrons. The highest BCUT2D eigenvalue weighted by molar-refractivity contribution is 7.92. The Morgan fingerprint density at radius 2 is 1.93 bits per heavy atom. The zero-order valence-electron chi connectivity index (χ0n) is 16.0. The van der Waals surface area contributed by atoms with Gasteiger partial charge in [0.2, 0.25) is 15.8 Å². The number of hydrogen-bond donors (Lipinski definition) is 1. The van der Waals surface area contributed by atoms with Crippen LogP contribution in [0.1, 0.15) is 12.6 Å². The van der Waals surface area contributed by atoms with E-state index < -0.39 is 32.0 Å². The van der Waals surface area contributed by atoms with Gasteiger partial charge in [-0.2, -0.15) is 14.2 Å². The summed E-state index contributed by atoms with van der Waals surface area (Å²) >= 11 is 0. The van der Waals surface area contributed by atoms with E-state index in [-0.39, 0.29) is 11.4 Å². The molecule has 9 nitrogen and oxygen atoms in total. The van der Waals surface area contributed by atoms with Crippen LogP contribution in [-0.2, 0) is 10.0 Å². The Kier molecular flexibility index (Phi) is 5.65. The van der Waals surface area contributed by atoms with Crippen LogP contribution < -0.4 is 10.3 Å². The summed E-state index contributed by atoms with van der Waals surface area (Å²) < 4.78 is 40.9. The summed E-state index contributed by atoms with van der Waals surface area (Å²) in [6.45, 7) is 3.15. The van der Waals surface area contributed by atoms with Gasteiger partial charge in [0, 0.05) is 29.4 Å². The van der Waals surface area contributed by atoms with Gasteiger partial charge in [-0.25, -0.2) is 8.42 Å². The summed E-state index contributed by atoms with van der Waals surface area (Å²) in [6, 6.07) is 10.8. The highest BCUT2D eigenvalue weighted by Gasteiger charge is 2.16. The molecule has 30 heavy (non-hydrogen) atoms. The second-order valence-electron chi connectivity index (χ2n) is 6.37. The average molecular weight is 432 g/mol. The molecule has 1 aromatic heterocycles. The maximum Gasteiger partial charge on any atom is 0.304 e. The number of aryl methyl sites for hydroxylation is 1. The minimum absolute atomic E-state index is 0.0437. The van der Waals surface area contributed by atoms with Crippen molar-refractivity contribution in [3.05, 3.63) is 80.5 Å². The van der Waals surface area contributed by atoms with Gasteiger partial charge in [-0.1, -0.05) is 12.1 Å². The number of rotatable bonds is 6. The van der Waals surface area contributed by atoms with E-state index in [1.165, 1.54) is 19.1 Å². The van der Waals surface area contributed by atoms with Crippen molar-refractivity contribution in [2.75, 3.05) is 10.5 Å². The first-order valence-corrected chi connectivity index (χ1v) is 10.4. The van der Waals surface area contributed by atoms with Gasteiger partial charge in [0.05, 0.1) is 22.1 Å². The number of nitro groups is 1. The van der Waals surface area contributed by atoms with E-state index in [0.29, 0.717) is 22.5 Å². The van der Waals surface area contributed by atoms with Crippen molar-refractivity contribution in [2.24, 2.45) is 0 Å². The highest BCUT2D eigenvalue weighted by Crippen LogP contribution is 2.25. The van der Waals surface area contributed by atoms with Gasteiger partial charge in [0.1, 0.15) is 0 Å². The fourth-order valence-electron chi connectivity index (χ4n) is 2.80. The molecular formula is C19H17FN4O5S. The largest absolute Gasteiger partial charge is 0.304 e. The predicted octanol–water partition coefficient (Wildman–Crippen LogP) is 3.02. The van der Waals surface area contributed by atoms with Crippen LogP contribution in [0.4, 0.5) is 15.8 Å². The van der Waals surface area contributed by atoms with Crippen molar-refractivity contribution in [3.63, 3.8) is 0 Å². The molecular weight excluding hydrogens is 415 g/mol. The normalized spacial score (nSPS) is 11.3. The Labute approximate surface area is 171 Å². The molecule has 0 spiro atoms. The number of hydrogen-bond acceptors (Lipinski definition) is 6. The molecule has 0 aliphatic carbocycles. The van der Waals surface area contributed by atoms with E-state index in [2.05, 4.69) is 9.82 Å². The van der Waals surface area contributed by atoms with Crippen molar-refractivity contribution in [1.29, 1.82) is 0 Å². The zero-order valence-corrected chi connectivity index (χ0v) is 16.8. The van der Waals surface area contributed by atoms with Gasteiger partial charge in [-0.05, 0) is 37.6 Å². The second kappa shape index (κ2) is 8.03. The van der Waals surface area contributed by atoms with Crippen LogP contribution in [0, 0.1) is 22.9 Å². The van der Waals surface area contributed by atoms with Gasteiger partial charge in [-0.15, -0.1) is 0 Å². The standard InChI is InChI=1S/C19H17FN4O5S/c1-3-30(28,29)22-14-6-4-5-13(9-14)16-11-19(25)23(21-12(16)2)15-7-8-18(24(26)27)17(20)10-15/h4-11,22H,3H2,1-2H3. The van der Waals surface area contributed by atoms with E-state index >= 15 is 0 Å². The molecule has 0 saturated carbocycles. The smallest absolute Gasteiger partial charge is 0.284 e. The number of nitrogens with zero attached hydrogens (tertiary/aromatic N) is 3. The van der Waals surface area contributed by atoms with Gasteiger partial charge < -0.3 is 0 Å². The van der Waals surface area contributed by atoms with Crippen molar-refractivity contribution in [1.82, 2.24) is 9.78 Å². The summed E-state index contributed by atoms with van der Waals surface area (Å²) in [4.78, 5) is 22.5. The monoisotopic (exact) mass is 432 g/mol. The van der Waals surface area contributed by atoms with E-state index in [1.807, 2.05) is 0 Å². The van der Waals surface area contributed by atoms with Gasteiger partial charge in [-0.3, -0.25) is 19.6 Å². The molecule has 0 amide bonds. The molecule has 0 atom stereocenters. The lowest BCUT2D eigenvalue weighted by Gasteiger charge is -2.12. The Morgan fingerprint density at radius 1 is 1.20 bits per heavy atom. The van der Waals surface area contributed by atoms with Crippen molar-refractivity contribution < 1.29 is 17.7 Å². The quantitative estimate of drug-likeness (QED) is 0.472. The first kappa shape index (κ1) is 21.1. The number of sulfonamides is 1. The number of aromatic nitrogens is 2. The average Bonchev–Trinajstić information content (AvgIpc) is 2.69. The van der Waals surface area contributed by atoms with Crippen LogP contribution >= 0.6 is 0 Å². The fourth-order valence-corrected chi connectivity index (χ4v) is 3.43. The summed E-state index contributed by atoms with van der Waals surface area (Å²) in [5.41, 5.74) is 0.558. The second-order valence-corrected chi connectivity index (χ2v) is 8.38. The highest BCUT2D eigenvalue weighted by atomic mass is 32.2. The van der Waals surface area contributed by atoms with Gasteiger partial charge in [0.25, 0.3) is 5.56 Å². The first-order valence-electron chi connectivity index (χ1n) is 8.77. The van der Waals surface area contributed by atoms with Gasteiger partial charge >= 0.3 is 5.69 Å². The van der Waals surface area contributed by atoms with Crippen LogP contribution in [0.3, 0.4) is 0 Å². The molecule has 0 aliphatic rings. The molecule has 1 heterocycles. The van der Waals surface area contributed by atoms with Crippen molar-refractivity contribution >= 4 is 21.4 Å². The number of nitro benzene ring substituents is 1. The Bertz CT molecular complexity index is 1300. The SMILES string of the molecule is CCS(=O)(=O)Nc1cccc(-c2cc(=O)n(-c3ccc([N+](=O)[O-])c(F)c3)nc2C)c1. The Morgan fingerprint density at radius 3 is 2.57 bits per heavy atom. The third-order valence-corrected chi connectivity index (χ3v) is 5.62. The lowest BCUT2D eigenvalue weighted by molar-refractivity contribution is -0.387. The van der Waals surface area contributed by atoms with Crippen LogP contribution in [0.25, 0.3) is 16.8 Å². The molecule has 2 aromatic carbocycles. The molecule has 11 heteroatoms.